The number of hydrogen-bond acceptors (Lipinski definition) is 5. The molecule has 94 valence electrons. The summed E-state index contributed by atoms with van der Waals surface area (Å²) in [6.45, 7) is -1.04. The van der Waals surface area contributed by atoms with Crippen molar-refractivity contribution in [2.45, 2.75) is 24.3 Å². The molecule has 5 atom stereocenters. The van der Waals surface area contributed by atoms with Crippen LogP contribution in [0.15, 0.2) is 0 Å². The predicted octanol–water partition coefficient (Wildman–Crippen LogP) is 0.144. The van der Waals surface area contributed by atoms with Gasteiger partial charge >= 0.3 is 0 Å². The summed E-state index contributed by atoms with van der Waals surface area (Å²) in [5.41, 5.74) is 0. The highest BCUT2D eigenvalue weighted by Gasteiger charge is 2.45. The SMILES string of the molecule is B[C@@H]1O[C@H](COC)C(O[P@](C)(=O)S)C1OC. The molecule has 16 heavy (non-hydrogen) atoms. The summed E-state index contributed by atoms with van der Waals surface area (Å²) in [5.74, 6) is 0. The van der Waals surface area contributed by atoms with E-state index in [1.54, 1.807) is 14.2 Å². The van der Waals surface area contributed by atoms with Gasteiger partial charge in [-0.3, -0.25) is 4.57 Å². The van der Waals surface area contributed by atoms with Crippen molar-refractivity contribution in [1.82, 2.24) is 0 Å². The highest BCUT2D eigenvalue weighted by Crippen LogP contribution is 2.50. The van der Waals surface area contributed by atoms with Gasteiger partial charge in [-0.05, 0) is 0 Å². The quantitative estimate of drug-likeness (QED) is 0.437. The first-order valence-corrected chi connectivity index (χ1v) is 8.27. The predicted molar refractivity (Wildman–Crippen MR) is 67.3 cm³/mol. The molecule has 0 radical (unpaired) electrons. The summed E-state index contributed by atoms with van der Waals surface area (Å²) in [6.07, 6.45) is -0.931. The lowest BCUT2D eigenvalue weighted by atomic mass is 9.93. The molecule has 1 aliphatic rings. The Balaban J connectivity index is 2.75. The van der Waals surface area contributed by atoms with Gasteiger partial charge in [-0.15, -0.1) is 0 Å². The Bertz CT molecular complexity index is 273. The van der Waals surface area contributed by atoms with E-state index >= 15 is 0 Å². The molecule has 2 unspecified atom stereocenters. The molecule has 0 amide bonds. The standard InChI is InChI=1S/C8H18BO5PS/c1-11-4-5-6(14-15(3,10)16)7(12-2)8(9)13-5/h5-8H,4,9H2,1-3H3,(H,10,16)/t5-,6?,7?,8-,15+/m1/s1. The average molecular weight is 268 g/mol. The Kier molecular flexibility index (Phi) is 5.36. The number of rotatable bonds is 5. The van der Waals surface area contributed by atoms with E-state index in [2.05, 4.69) is 12.2 Å². The van der Waals surface area contributed by atoms with E-state index in [4.69, 9.17) is 18.7 Å². The number of methoxy groups -OCH3 is 2. The highest BCUT2D eigenvalue weighted by molar-refractivity contribution is 8.46. The zero-order chi connectivity index (χ0) is 12.3. The molecule has 0 aromatic carbocycles. The van der Waals surface area contributed by atoms with Gasteiger partial charge in [0.15, 0.2) is 0 Å². The summed E-state index contributed by atoms with van der Waals surface area (Å²) in [7, 11) is 5.05. The number of thiol groups is 1. The van der Waals surface area contributed by atoms with E-state index < -0.39 is 12.7 Å². The lowest BCUT2D eigenvalue weighted by Gasteiger charge is -2.24. The number of ether oxygens (including phenoxy) is 3. The third kappa shape index (κ3) is 3.76. The molecule has 0 aliphatic carbocycles. The van der Waals surface area contributed by atoms with Crippen LogP contribution < -0.4 is 0 Å². The third-order valence-electron chi connectivity index (χ3n) is 2.46. The largest absolute Gasteiger partial charge is 0.382 e. The molecule has 8 heteroatoms. The molecule has 1 aliphatic heterocycles. The van der Waals surface area contributed by atoms with Crippen LogP contribution in [0.5, 0.6) is 0 Å². The van der Waals surface area contributed by atoms with Gasteiger partial charge in [0, 0.05) is 20.9 Å². The van der Waals surface area contributed by atoms with Crippen molar-refractivity contribution in [3.8, 4) is 0 Å². The minimum Gasteiger partial charge on any atom is -0.382 e. The molecule has 1 heterocycles. The second-order valence-electron chi connectivity index (χ2n) is 3.91. The Morgan fingerprint density at radius 2 is 2.06 bits per heavy atom. The summed E-state index contributed by atoms with van der Waals surface area (Å²) in [5, 5.41) is 0. The maximum absolute atomic E-state index is 11.6. The van der Waals surface area contributed by atoms with Gasteiger partial charge in [0.25, 0.3) is 6.57 Å². The fourth-order valence-electron chi connectivity index (χ4n) is 1.89. The average Bonchev–Trinajstić information content (AvgIpc) is 2.41. The molecule has 1 saturated heterocycles. The zero-order valence-electron chi connectivity index (χ0n) is 9.95. The molecular formula is C8H18BO5PS. The first-order valence-electron chi connectivity index (χ1n) is 5.05. The molecule has 1 fully saturated rings. The van der Waals surface area contributed by atoms with Crippen molar-refractivity contribution in [1.29, 1.82) is 0 Å². The van der Waals surface area contributed by atoms with Crippen molar-refractivity contribution in [3.05, 3.63) is 0 Å². The lowest BCUT2D eigenvalue weighted by Crippen LogP contribution is -2.37. The molecule has 5 nitrogen and oxygen atoms in total. The van der Waals surface area contributed by atoms with Crippen LogP contribution in [-0.4, -0.2) is 59.7 Å². The van der Waals surface area contributed by atoms with Crippen LogP contribution in [0.4, 0.5) is 0 Å². The summed E-state index contributed by atoms with van der Waals surface area (Å²) >= 11 is 3.93. The normalized spacial score (nSPS) is 38.5. The van der Waals surface area contributed by atoms with Crippen LogP contribution in [0.25, 0.3) is 0 Å². The second kappa shape index (κ2) is 5.89. The van der Waals surface area contributed by atoms with E-state index in [1.807, 2.05) is 7.85 Å². The van der Waals surface area contributed by atoms with Crippen molar-refractivity contribution < 1.29 is 23.3 Å². The minimum atomic E-state index is -2.87. The van der Waals surface area contributed by atoms with Crippen LogP contribution in [0, 0.1) is 0 Å². The van der Waals surface area contributed by atoms with E-state index in [9.17, 15) is 4.57 Å². The first-order chi connectivity index (χ1) is 7.39. The molecule has 0 N–H and O–H groups in total. The van der Waals surface area contributed by atoms with E-state index in [0.29, 0.717) is 6.61 Å². The van der Waals surface area contributed by atoms with E-state index in [0.717, 1.165) is 0 Å². The smallest absolute Gasteiger partial charge is 0.252 e. The van der Waals surface area contributed by atoms with Gasteiger partial charge in [-0.25, -0.2) is 0 Å². The molecule has 0 bridgehead atoms. The molecule has 0 spiro atoms. The van der Waals surface area contributed by atoms with Crippen LogP contribution in [0.3, 0.4) is 0 Å². The molecular weight excluding hydrogens is 250 g/mol. The number of hydrogen-bond donors (Lipinski definition) is 1. The van der Waals surface area contributed by atoms with Crippen LogP contribution in [0.2, 0.25) is 0 Å². The Morgan fingerprint density at radius 3 is 2.50 bits per heavy atom. The fourth-order valence-corrected chi connectivity index (χ4v) is 2.92. The van der Waals surface area contributed by atoms with Gasteiger partial charge in [0.1, 0.15) is 26.2 Å². The maximum atomic E-state index is 11.6. The van der Waals surface area contributed by atoms with Crippen molar-refractivity contribution in [2.24, 2.45) is 0 Å². The van der Waals surface area contributed by atoms with Crippen LogP contribution in [-0.2, 0) is 23.3 Å². The van der Waals surface area contributed by atoms with Gasteiger partial charge in [-0.2, -0.15) is 0 Å². The summed E-state index contributed by atoms with van der Waals surface area (Å²) in [6, 6.07) is -0.116. The Morgan fingerprint density at radius 1 is 1.44 bits per heavy atom. The Hall–Kier alpha value is 0.485. The van der Waals surface area contributed by atoms with E-state index in [-0.39, 0.29) is 18.2 Å². The molecule has 1 rings (SSSR count). The van der Waals surface area contributed by atoms with Gasteiger partial charge in [-0.1, -0.05) is 12.2 Å². The second-order valence-corrected chi connectivity index (χ2v) is 7.90. The van der Waals surface area contributed by atoms with Gasteiger partial charge in [0.05, 0.1) is 12.6 Å². The Labute approximate surface area is 102 Å². The van der Waals surface area contributed by atoms with Gasteiger partial charge in [0.2, 0.25) is 0 Å². The summed E-state index contributed by atoms with van der Waals surface area (Å²) < 4.78 is 33.0. The monoisotopic (exact) mass is 268 g/mol. The molecule has 0 saturated carbocycles. The zero-order valence-corrected chi connectivity index (χ0v) is 11.7. The summed E-state index contributed by atoms with van der Waals surface area (Å²) in [4.78, 5) is 0. The maximum Gasteiger partial charge on any atom is 0.252 e. The highest BCUT2D eigenvalue weighted by atomic mass is 32.7. The topological polar surface area (TPSA) is 54.0 Å². The molecule has 0 aromatic rings. The first kappa shape index (κ1) is 14.5. The van der Waals surface area contributed by atoms with Crippen molar-refractivity contribution >= 4 is 26.7 Å². The van der Waals surface area contributed by atoms with Crippen molar-refractivity contribution in [2.75, 3.05) is 27.5 Å². The van der Waals surface area contributed by atoms with Crippen molar-refractivity contribution in [3.63, 3.8) is 0 Å². The third-order valence-corrected chi connectivity index (χ3v) is 3.38. The van der Waals surface area contributed by atoms with Crippen LogP contribution >= 0.6 is 18.8 Å². The lowest BCUT2D eigenvalue weighted by molar-refractivity contribution is -0.0112. The van der Waals surface area contributed by atoms with Gasteiger partial charge < -0.3 is 18.7 Å². The van der Waals surface area contributed by atoms with Crippen LogP contribution in [0.1, 0.15) is 0 Å². The van der Waals surface area contributed by atoms with E-state index in [1.165, 1.54) is 6.66 Å². The fraction of sp³-hybridized carbons (Fsp3) is 1.00. The molecule has 0 aromatic heterocycles. The minimum absolute atomic E-state index is 0.116.